The third-order valence-corrected chi connectivity index (χ3v) is 6.25. The van der Waals surface area contributed by atoms with Gasteiger partial charge in [-0.3, -0.25) is 14.5 Å². The van der Waals surface area contributed by atoms with Crippen LogP contribution >= 0.6 is 11.3 Å². The third-order valence-electron chi connectivity index (χ3n) is 5.26. The number of nitrogens with one attached hydrogen (secondary N) is 1. The fourth-order valence-electron chi connectivity index (χ4n) is 3.33. The summed E-state index contributed by atoms with van der Waals surface area (Å²) in [6.07, 6.45) is 2.44. The van der Waals surface area contributed by atoms with Gasteiger partial charge in [-0.2, -0.15) is 0 Å². The van der Waals surface area contributed by atoms with Crippen LogP contribution in [0.2, 0.25) is 0 Å². The van der Waals surface area contributed by atoms with Crippen molar-refractivity contribution in [3.63, 3.8) is 0 Å². The van der Waals surface area contributed by atoms with E-state index < -0.39 is 0 Å². The Bertz CT molecular complexity index is 620. The summed E-state index contributed by atoms with van der Waals surface area (Å²) in [6.45, 7) is 13.0. The minimum absolute atomic E-state index is 0.0273. The maximum Gasteiger partial charge on any atom is 0.245 e. The van der Waals surface area contributed by atoms with Gasteiger partial charge in [0.25, 0.3) is 0 Å². The average molecular weight is 411 g/mol. The molecule has 28 heavy (non-hydrogen) atoms. The van der Waals surface area contributed by atoms with Gasteiger partial charge < -0.3 is 15.0 Å². The molecule has 8 heteroatoms. The molecule has 0 spiro atoms. The second-order valence-electron chi connectivity index (χ2n) is 7.29. The predicted octanol–water partition coefficient (Wildman–Crippen LogP) is 2.69. The molecule has 1 aliphatic heterocycles. The number of thiazole rings is 1. The molecule has 1 aliphatic rings. The Kier molecular flexibility index (Phi) is 9.34. The number of carbonyl (C=O) groups excluding carboxylic acids is 2. The summed E-state index contributed by atoms with van der Waals surface area (Å²) in [6, 6.07) is 0. The molecule has 0 atom stereocenters. The normalized spacial score (nSPS) is 15.0. The van der Waals surface area contributed by atoms with Crippen LogP contribution in [0.15, 0.2) is 0 Å². The molecule has 2 rings (SSSR count). The molecule has 2 amide bonds. The maximum atomic E-state index is 12.9. The van der Waals surface area contributed by atoms with Gasteiger partial charge in [0.1, 0.15) is 0 Å². The van der Waals surface area contributed by atoms with Crippen LogP contribution in [0.4, 0.5) is 5.13 Å². The van der Waals surface area contributed by atoms with Crippen LogP contribution in [-0.4, -0.2) is 72.5 Å². The van der Waals surface area contributed by atoms with Crippen molar-refractivity contribution < 1.29 is 14.3 Å². The van der Waals surface area contributed by atoms with E-state index in [1.165, 1.54) is 11.3 Å². The Morgan fingerprint density at radius 2 is 1.93 bits per heavy atom. The van der Waals surface area contributed by atoms with Gasteiger partial charge in [-0.25, -0.2) is 4.98 Å². The summed E-state index contributed by atoms with van der Waals surface area (Å²) in [5.74, 6) is -0.131. The zero-order chi connectivity index (χ0) is 20.5. The first kappa shape index (κ1) is 22.8. The van der Waals surface area contributed by atoms with E-state index in [2.05, 4.69) is 15.2 Å². The molecule has 1 aromatic rings. The average Bonchev–Trinajstić information content (AvgIpc) is 2.99. The van der Waals surface area contributed by atoms with Gasteiger partial charge in [-0.15, -0.1) is 11.3 Å². The van der Waals surface area contributed by atoms with Crippen molar-refractivity contribution in [2.75, 3.05) is 51.3 Å². The number of anilines is 1. The van der Waals surface area contributed by atoms with Gasteiger partial charge in [0.2, 0.25) is 11.8 Å². The minimum atomic E-state index is -0.181. The number of amides is 2. The number of rotatable bonds is 10. The van der Waals surface area contributed by atoms with E-state index in [0.717, 1.165) is 62.7 Å². The number of aryl methyl sites for hydroxylation is 2. The van der Waals surface area contributed by atoms with Crippen LogP contribution in [0.3, 0.4) is 0 Å². The van der Waals surface area contributed by atoms with Crippen molar-refractivity contribution in [1.29, 1.82) is 0 Å². The Hall–Kier alpha value is -1.51. The lowest BCUT2D eigenvalue weighted by atomic mass is 10.0. The van der Waals surface area contributed by atoms with Crippen molar-refractivity contribution >= 4 is 28.3 Å². The molecule has 0 bridgehead atoms. The zero-order valence-electron chi connectivity index (χ0n) is 17.6. The fourth-order valence-corrected chi connectivity index (χ4v) is 4.16. The van der Waals surface area contributed by atoms with Crippen molar-refractivity contribution in [2.45, 2.75) is 47.0 Å². The maximum absolute atomic E-state index is 12.9. The predicted molar refractivity (Wildman–Crippen MR) is 113 cm³/mol. The highest BCUT2D eigenvalue weighted by atomic mass is 32.1. The second-order valence-corrected chi connectivity index (χ2v) is 8.49. The van der Waals surface area contributed by atoms with E-state index >= 15 is 0 Å². The number of ether oxygens (including phenoxy) is 1. The minimum Gasteiger partial charge on any atom is -0.379 e. The van der Waals surface area contributed by atoms with Crippen LogP contribution in [0.5, 0.6) is 0 Å². The Balaban J connectivity index is 1.93. The fraction of sp³-hybridized carbons (Fsp3) is 0.750. The molecule has 1 N–H and O–H groups in total. The smallest absolute Gasteiger partial charge is 0.245 e. The molecule has 1 aromatic heterocycles. The molecule has 158 valence electrons. The molecule has 0 aliphatic carbocycles. The highest BCUT2D eigenvalue weighted by Gasteiger charge is 2.24. The lowest BCUT2D eigenvalue weighted by Crippen LogP contribution is -2.43. The highest BCUT2D eigenvalue weighted by molar-refractivity contribution is 7.15. The van der Waals surface area contributed by atoms with Gasteiger partial charge in [-0.05, 0) is 33.1 Å². The topological polar surface area (TPSA) is 74.8 Å². The third kappa shape index (κ3) is 6.83. The number of morpholine rings is 1. The van der Waals surface area contributed by atoms with E-state index in [1.807, 2.05) is 27.7 Å². The standard InChI is InChI=1S/C20H34N4O3S/c1-5-17(6-2)19(26)24(9-7-8-23-10-12-27-13-11-23)14-18(25)22-20-21-15(3)16(4)28-20/h17H,5-14H2,1-4H3,(H,21,22,25). The molecule has 0 unspecified atom stereocenters. The lowest BCUT2D eigenvalue weighted by molar-refractivity contribution is -0.138. The van der Waals surface area contributed by atoms with Crippen molar-refractivity contribution in [3.8, 4) is 0 Å². The first-order valence-corrected chi connectivity index (χ1v) is 11.1. The number of aromatic nitrogens is 1. The summed E-state index contributed by atoms with van der Waals surface area (Å²) in [5, 5.41) is 3.45. The van der Waals surface area contributed by atoms with Crippen LogP contribution < -0.4 is 5.32 Å². The van der Waals surface area contributed by atoms with Gasteiger partial charge in [0.15, 0.2) is 5.13 Å². The van der Waals surface area contributed by atoms with Crippen LogP contribution in [0.25, 0.3) is 0 Å². The number of hydrogen-bond donors (Lipinski definition) is 1. The largest absolute Gasteiger partial charge is 0.379 e. The first-order chi connectivity index (χ1) is 13.4. The SMILES string of the molecule is CCC(CC)C(=O)N(CCCN1CCOCC1)CC(=O)Nc1nc(C)c(C)s1. The Labute approximate surface area is 172 Å². The Morgan fingerprint density at radius 1 is 1.25 bits per heavy atom. The molecule has 0 saturated carbocycles. The van der Waals surface area contributed by atoms with E-state index in [9.17, 15) is 9.59 Å². The summed E-state index contributed by atoms with van der Waals surface area (Å²) >= 11 is 1.47. The summed E-state index contributed by atoms with van der Waals surface area (Å²) < 4.78 is 5.38. The molecule has 7 nitrogen and oxygen atoms in total. The number of nitrogens with zero attached hydrogens (tertiary/aromatic N) is 3. The van der Waals surface area contributed by atoms with Gasteiger partial charge in [-0.1, -0.05) is 13.8 Å². The van der Waals surface area contributed by atoms with Crippen molar-refractivity contribution in [3.05, 3.63) is 10.6 Å². The van der Waals surface area contributed by atoms with E-state index in [0.29, 0.717) is 11.7 Å². The highest BCUT2D eigenvalue weighted by Crippen LogP contribution is 2.21. The molecule has 0 radical (unpaired) electrons. The number of carbonyl (C=O) groups is 2. The van der Waals surface area contributed by atoms with E-state index in [4.69, 9.17) is 4.74 Å². The van der Waals surface area contributed by atoms with Gasteiger partial charge in [0.05, 0.1) is 25.5 Å². The van der Waals surface area contributed by atoms with E-state index in [1.54, 1.807) is 4.90 Å². The monoisotopic (exact) mass is 410 g/mol. The second kappa shape index (κ2) is 11.5. The summed E-state index contributed by atoms with van der Waals surface area (Å²) in [4.78, 5) is 35.0. The summed E-state index contributed by atoms with van der Waals surface area (Å²) in [7, 11) is 0. The molecule has 1 fully saturated rings. The van der Waals surface area contributed by atoms with E-state index in [-0.39, 0.29) is 24.3 Å². The van der Waals surface area contributed by atoms with Crippen LogP contribution in [-0.2, 0) is 14.3 Å². The zero-order valence-corrected chi connectivity index (χ0v) is 18.4. The van der Waals surface area contributed by atoms with Crippen molar-refractivity contribution in [2.24, 2.45) is 5.92 Å². The molecule has 2 heterocycles. The molecular formula is C20H34N4O3S. The van der Waals surface area contributed by atoms with Crippen molar-refractivity contribution in [1.82, 2.24) is 14.8 Å². The molecule has 0 aromatic carbocycles. The molecular weight excluding hydrogens is 376 g/mol. The van der Waals surface area contributed by atoms with Gasteiger partial charge in [0, 0.05) is 37.0 Å². The van der Waals surface area contributed by atoms with Crippen LogP contribution in [0, 0.1) is 19.8 Å². The Morgan fingerprint density at radius 3 is 2.50 bits per heavy atom. The lowest BCUT2D eigenvalue weighted by Gasteiger charge is -2.29. The molecule has 1 saturated heterocycles. The van der Waals surface area contributed by atoms with Crippen LogP contribution in [0.1, 0.15) is 43.7 Å². The quantitative estimate of drug-likeness (QED) is 0.642. The first-order valence-electron chi connectivity index (χ1n) is 10.3. The summed E-state index contributed by atoms with van der Waals surface area (Å²) in [5.41, 5.74) is 0.927. The number of hydrogen-bond acceptors (Lipinski definition) is 6. The van der Waals surface area contributed by atoms with Gasteiger partial charge >= 0.3 is 0 Å².